The molecule has 0 spiro atoms. The number of nitrogens with zero attached hydrogens (tertiary/aromatic N) is 2. The molecule has 1 aliphatic rings. The molecule has 0 fully saturated rings. The lowest BCUT2D eigenvalue weighted by Gasteiger charge is -2.25. The Hall–Kier alpha value is -2.08. The van der Waals surface area contributed by atoms with E-state index in [1.807, 2.05) is 25.3 Å². The van der Waals surface area contributed by atoms with Crippen LogP contribution in [0.15, 0.2) is 34.2 Å². The van der Waals surface area contributed by atoms with Gasteiger partial charge in [0, 0.05) is 17.0 Å². The summed E-state index contributed by atoms with van der Waals surface area (Å²) >= 11 is 1.50. The number of benzene rings is 1. The van der Waals surface area contributed by atoms with Crippen molar-refractivity contribution in [2.75, 3.05) is 0 Å². The summed E-state index contributed by atoms with van der Waals surface area (Å²) in [6.07, 6.45) is 3.55. The van der Waals surface area contributed by atoms with E-state index in [9.17, 15) is 9.59 Å². The molecule has 0 aliphatic heterocycles. The van der Waals surface area contributed by atoms with Crippen LogP contribution >= 0.6 is 11.8 Å². The van der Waals surface area contributed by atoms with Gasteiger partial charge in [-0.3, -0.25) is 9.59 Å². The lowest BCUT2D eigenvalue weighted by Crippen LogP contribution is -2.31. The molecule has 3 rings (SSSR count). The van der Waals surface area contributed by atoms with E-state index in [-0.39, 0.29) is 18.1 Å². The Kier molecular flexibility index (Phi) is 6.28. The van der Waals surface area contributed by atoms with E-state index in [1.54, 1.807) is 0 Å². The summed E-state index contributed by atoms with van der Waals surface area (Å²) in [7, 11) is 0. The minimum absolute atomic E-state index is 0.0864. The van der Waals surface area contributed by atoms with E-state index in [4.69, 9.17) is 4.74 Å². The Morgan fingerprint density at radius 1 is 1.18 bits per heavy atom. The van der Waals surface area contributed by atoms with Crippen LogP contribution in [0.1, 0.15) is 56.0 Å². The van der Waals surface area contributed by atoms with Gasteiger partial charge in [-0.1, -0.05) is 41.6 Å². The first kappa shape index (κ1) is 20.6. The Morgan fingerprint density at radius 3 is 2.54 bits per heavy atom. The van der Waals surface area contributed by atoms with Crippen molar-refractivity contribution in [1.29, 1.82) is 0 Å². The Labute approximate surface area is 170 Å². The zero-order valence-corrected chi connectivity index (χ0v) is 17.9. The van der Waals surface area contributed by atoms with Crippen molar-refractivity contribution in [3.05, 3.63) is 57.0 Å². The molecule has 150 valence electrons. The molecule has 1 aromatic carbocycles. The maximum atomic E-state index is 12.6. The highest BCUT2D eigenvalue weighted by molar-refractivity contribution is 7.98. The molecule has 1 aromatic heterocycles. The summed E-state index contributed by atoms with van der Waals surface area (Å²) in [5.74, 6) is 0.391. The summed E-state index contributed by atoms with van der Waals surface area (Å²) in [6.45, 7) is 7.72. The normalized spacial score (nSPS) is 13.9. The number of aryl methyl sites for hydroxylation is 1. The first-order valence-corrected chi connectivity index (χ1v) is 10.7. The molecular formula is C22H28N2O3S. The Balaban J connectivity index is 1.91. The van der Waals surface area contributed by atoms with Crippen molar-refractivity contribution in [2.24, 2.45) is 0 Å². The van der Waals surface area contributed by atoms with Crippen LogP contribution in [-0.4, -0.2) is 21.1 Å². The van der Waals surface area contributed by atoms with Crippen molar-refractivity contribution in [3.8, 4) is 0 Å². The number of hydrogen-bond donors (Lipinski definition) is 0. The maximum absolute atomic E-state index is 12.6. The van der Waals surface area contributed by atoms with E-state index >= 15 is 0 Å². The number of rotatable bonds is 5. The van der Waals surface area contributed by atoms with Gasteiger partial charge in [0.05, 0.1) is 0 Å². The van der Waals surface area contributed by atoms with E-state index in [0.717, 1.165) is 42.5 Å². The first-order chi connectivity index (χ1) is 13.2. The van der Waals surface area contributed by atoms with Crippen molar-refractivity contribution in [2.45, 2.75) is 76.4 Å². The zero-order valence-electron chi connectivity index (χ0n) is 17.1. The lowest BCUT2D eigenvalue weighted by molar-refractivity contribution is -0.155. The molecule has 0 atom stereocenters. The van der Waals surface area contributed by atoms with Gasteiger partial charge < -0.3 is 9.30 Å². The zero-order chi connectivity index (χ0) is 20.3. The van der Waals surface area contributed by atoms with Crippen LogP contribution in [0.25, 0.3) is 0 Å². The van der Waals surface area contributed by atoms with Gasteiger partial charge in [-0.15, -0.1) is 0 Å². The van der Waals surface area contributed by atoms with Crippen LogP contribution in [-0.2, 0) is 34.7 Å². The molecule has 0 bridgehead atoms. The Morgan fingerprint density at radius 2 is 1.86 bits per heavy atom. The number of thioether (sulfide) groups is 1. The third-order valence-electron chi connectivity index (χ3n) is 4.65. The number of ether oxygens (including phenoxy) is 1. The van der Waals surface area contributed by atoms with Crippen LogP contribution in [0.5, 0.6) is 0 Å². The predicted molar refractivity (Wildman–Crippen MR) is 112 cm³/mol. The molecule has 6 heteroatoms. The van der Waals surface area contributed by atoms with Gasteiger partial charge in [-0.05, 0) is 58.9 Å². The summed E-state index contributed by atoms with van der Waals surface area (Å²) in [4.78, 5) is 29.4. The summed E-state index contributed by atoms with van der Waals surface area (Å²) in [5, 5.41) is 0.595. The van der Waals surface area contributed by atoms with Crippen molar-refractivity contribution in [1.82, 2.24) is 9.55 Å². The highest BCUT2D eigenvalue weighted by Gasteiger charge is 2.24. The second-order valence-electron chi connectivity index (χ2n) is 8.28. The van der Waals surface area contributed by atoms with Crippen LogP contribution in [0.4, 0.5) is 0 Å². The van der Waals surface area contributed by atoms with Gasteiger partial charge in [0.1, 0.15) is 12.1 Å². The van der Waals surface area contributed by atoms with Crippen molar-refractivity contribution < 1.29 is 9.53 Å². The minimum atomic E-state index is -0.543. The average Bonchev–Trinajstić information content (AvgIpc) is 2.62. The molecule has 0 saturated heterocycles. The summed E-state index contributed by atoms with van der Waals surface area (Å²) in [6, 6.07) is 8.31. The number of hydrogen-bond acceptors (Lipinski definition) is 5. The third-order valence-corrected chi connectivity index (χ3v) is 5.69. The maximum Gasteiger partial charge on any atom is 0.326 e. The fraction of sp³-hybridized carbons (Fsp3) is 0.500. The van der Waals surface area contributed by atoms with Crippen LogP contribution < -0.4 is 5.56 Å². The van der Waals surface area contributed by atoms with Gasteiger partial charge >= 0.3 is 5.97 Å². The molecule has 0 unspecified atom stereocenters. The van der Waals surface area contributed by atoms with Crippen LogP contribution in [0, 0.1) is 6.92 Å². The fourth-order valence-electron chi connectivity index (χ4n) is 3.36. The lowest BCUT2D eigenvalue weighted by atomic mass is 9.97. The third kappa shape index (κ3) is 5.25. The number of esters is 1. The van der Waals surface area contributed by atoms with E-state index < -0.39 is 5.60 Å². The monoisotopic (exact) mass is 400 g/mol. The second-order valence-corrected chi connectivity index (χ2v) is 9.22. The van der Waals surface area contributed by atoms with E-state index in [0.29, 0.717) is 10.9 Å². The number of carbonyl (C=O) groups excluding carboxylic acids is 1. The second kappa shape index (κ2) is 8.52. The average molecular weight is 401 g/mol. The molecule has 0 N–H and O–H groups in total. The van der Waals surface area contributed by atoms with Gasteiger partial charge in [0.25, 0.3) is 5.56 Å². The molecule has 2 aromatic rings. The number of carbonyl (C=O) groups is 1. The largest absolute Gasteiger partial charge is 0.459 e. The minimum Gasteiger partial charge on any atom is -0.459 e. The molecular weight excluding hydrogens is 372 g/mol. The van der Waals surface area contributed by atoms with Gasteiger partial charge in [-0.2, -0.15) is 4.98 Å². The van der Waals surface area contributed by atoms with Crippen molar-refractivity contribution in [3.63, 3.8) is 0 Å². The summed E-state index contributed by atoms with van der Waals surface area (Å²) < 4.78 is 7.42. The fourth-order valence-corrected chi connectivity index (χ4v) is 4.32. The number of aromatic nitrogens is 2. The first-order valence-electron chi connectivity index (χ1n) is 9.76. The standard InChI is InChI=1S/C22H28N2O3S/c1-15-9-11-16(12-10-15)14-28-21-23-20(26)17-7-5-6-8-18(17)24(21)13-19(25)27-22(2,3)4/h9-12H,5-8,13-14H2,1-4H3. The topological polar surface area (TPSA) is 61.2 Å². The molecule has 1 aliphatic carbocycles. The molecule has 0 saturated carbocycles. The molecule has 0 amide bonds. The van der Waals surface area contributed by atoms with Crippen LogP contribution in [0.3, 0.4) is 0 Å². The highest BCUT2D eigenvalue weighted by atomic mass is 32.2. The van der Waals surface area contributed by atoms with Gasteiger partial charge in [0.15, 0.2) is 5.16 Å². The van der Waals surface area contributed by atoms with Crippen LogP contribution in [0.2, 0.25) is 0 Å². The SMILES string of the molecule is Cc1ccc(CSc2nc(=O)c3c(n2CC(=O)OC(C)(C)C)CCCC3)cc1. The summed E-state index contributed by atoms with van der Waals surface area (Å²) in [5.41, 5.74) is 3.38. The smallest absolute Gasteiger partial charge is 0.326 e. The van der Waals surface area contributed by atoms with Gasteiger partial charge in [0.2, 0.25) is 0 Å². The quantitative estimate of drug-likeness (QED) is 0.430. The van der Waals surface area contributed by atoms with E-state index in [2.05, 4.69) is 36.2 Å². The Bertz CT molecular complexity index is 911. The highest BCUT2D eigenvalue weighted by Crippen LogP contribution is 2.26. The van der Waals surface area contributed by atoms with Gasteiger partial charge in [-0.25, -0.2) is 0 Å². The predicted octanol–water partition coefficient (Wildman–Crippen LogP) is 4.06. The van der Waals surface area contributed by atoms with E-state index in [1.165, 1.54) is 17.3 Å². The molecule has 1 heterocycles. The molecule has 0 radical (unpaired) electrons. The van der Waals surface area contributed by atoms with Crippen molar-refractivity contribution >= 4 is 17.7 Å². The molecule has 28 heavy (non-hydrogen) atoms. The number of fused-ring (bicyclic) bond motifs is 1. The molecule has 5 nitrogen and oxygen atoms in total.